The highest BCUT2D eigenvalue weighted by Gasteiger charge is 2.18. The third kappa shape index (κ3) is 3.28. The lowest BCUT2D eigenvalue weighted by atomic mass is 9.83. The zero-order chi connectivity index (χ0) is 12.3. The molecule has 0 aromatic carbocycles. The Morgan fingerprint density at radius 2 is 2.12 bits per heavy atom. The smallest absolute Gasteiger partial charge is 0.222 e. The van der Waals surface area contributed by atoms with Gasteiger partial charge in [0.2, 0.25) is 5.95 Å². The van der Waals surface area contributed by atoms with Gasteiger partial charge >= 0.3 is 0 Å². The number of hydrogen-bond donors (Lipinski definition) is 2. The lowest BCUT2D eigenvalue weighted by Crippen LogP contribution is -2.21. The van der Waals surface area contributed by atoms with Crippen molar-refractivity contribution in [3.8, 4) is 0 Å². The molecule has 1 aliphatic rings. The number of nitrogens with two attached hydrogens (primary N) is 1. The van der Waals surface area contributed by atoms with E-state index in [0.717, 1.165) is 18.7 Å². The second-order valence-electron chi connectivity index (χ2n) is 4.93. The van der Waals surface area contributed by atoms with E-state index in [1.807, 2.05) is 0 Å². The maximum absolute atomic E-state index is 13.3. The van der Waals surface area contributed by atoms with E-state index in [1.54, 1.807) is 0 Å². The van der Waals surface area contributed by atoms with Crippen LogP contribution in [-0.4, -0.2) is 16.5 Å². The number of rotatable bonds is 3. The fraction of sp³-hybridized carbons (Fsp3) is 0.667. The van der Waals surface area contributed by atoms with E-state index in [-0.39, 0.29) is 11.8 Å². The molecule has 2 rings (SSSR count). The highest BCUT2D eigenvalue weighted by atomic mass is 19.1. The van der Waals surface area contributed by atoms with Gasteiger partial charge in [0.1, 0.15) is 0 Å². The molecule has 0 unspecified atom stereocenters. The van der Waals surface area contributed by atoms with Crippen molar-refractivity contribution in [2.24, 2.45) is 11.8 Å². The van der Waals surface area contributed by atoms with Gasteiger partial charge in [-0.25, -0.2) is 9.37 Å². The van der Waals surface area contributed by atoms with Crippen molar-refractivity contribution in [1.29, 1.82) is 0 Å². The molecule has 0 bridgehead atoms. The van der Waals surface area contributed by atoms with Crippen molar-refractivity contribution in [2.45, 2.75) is 32.6 Å². The first-order valence-corrected chi connectivity index (χ1v) is 6.17. The van der Waals surface area contributed by atoms with E-state index in [0.29, 0.717) is 5.92 Å². The van der Waals surface area contributed by atoms with Crippen LogP contribution in [0.5, 0.6) is 0 Å². The Morgan fingerprint density at radius 3 is 2.82 bits per heavy atom. The number of hydrogen-bond acceptors (Lipinski definition) is 4. The molecular formula is C12H19FN4. The van der Waals surface area contributed by atoms with Gasteiger partial charge in [0.25, 0.3) is 0 Å². The van der Waals surface area contributed by atoms with Crippen LogP contribution in [0.3, 0.4) is 0 Å². The van der Waals surface area contributed by atoms with Crippen molar-refractivity contribution >= 4 is 11.8 Å². The summed E-state index contributed by atoms with van der Waals surface area (Å²) in [7, 11) is 0. The number of aromatic nitrogens is 2. The number of halogens is 1. The SMILES string of the molecule is CC1CCC(CNc2nc(N)ncc2F)CC1. The minimum absolute atomic E-state index is 0.103. The van der Waals surface area contributed by atoms with E-state index >= 15 is 0 Å². The van der Waals surface area contributed by atoms with Gasteiger partial charge in [0, 0.05) is 6.54 Å². The number of nitrogens with one attached hydrogen (secondary N) is 1. The van der Waals surface area contributed by atoms with E-state index in [9.17, 15) is 4.39 Å². The first-order valence-electron chi connectivity index (χ1n) is 6.17. The summed E-state index contributed by atoms with van der Waals surface area (Å²) >= 11 is 0. The molecule has 0 aliphatic heterocycles. The Balaban J connectivity index is 1.87. The fourth-order valence-corrected chi connectivity index (χ4v) is 2.28. The Morgan fingerprint density at radius 1 is 1.41 bits per heavy atom. The van der Waals surface area contributed by atoms with Crippen molar-refractivity contribution in [3.63, 3.8) is 0 Å². The molecule has 1 aromatic rings. The quantitative estimate of drug-likeness (QED) is 0.849. The van der Waals surface area contributed by atoms with Crippen LogP contribution in [0.2, 0.25) is 0 Å². The summed E-state index contributed by atoms with van der Waals surface area (Å²) in [5.41, 5.74) is 5.43. The van der Waals surface area contributed by atoms with Crippen LogP contribution < -0.4 is 11.1 Å². The van der Waals surface area contributed by atoms with Gasteiger partial charge in [-0.2, -0.15) is 4.98 Å². The summed E-state index contributed by atoms with van der Waals surface area (Å²) in [6.07, 6.45) is 6.04. The lowest BCUT2D eigenvalue weighted by Gasteiger charge is -2.26. The topological polar surface area (TPSA) is 63.8 Å². The van der Waals surface area contributed by atoms with Crippen LogP contribution in [0.4, 0.5) is 16.2 Å². The lowest BCUT2D eigenvalue weighted by molar-refractivity contribution is 0.300. The largest absolute Gasteiger partial charge is 0.368 e. The molecule has 5 heteroatoms. The van der Waals surface area contributed by atoms with Crippen LogP contribution in [0.15, 0.2) is 6.20 Å². The summed E-state index contributed by atoms with van der Waals surface area (Å²) in [4.78, 5) is 7.45. The molecule has 94 valence electrons. The van der Waals surface area contributed by atoms with Crippen molar-refractivity contribution in [1.82, 2.24) is 9.97 Å². The van der Waals surface area contributed by atoms with E-state index in [1.165, 1.54) is 25.7 Å². The van der Waals surface area contributed by atoms with Crippen LogP contribution in [-0.2, 0) is 0 Å². The minimum Gasteiger partial charge on any atom is -0.368 e. The molecule has 0 radical (unpaired) electrons. The molecule has 3 N–H and O–H groups in total. The average Bonchev–Trinajstić information content (AvgIpc) is 2.32. The van der Waals surface area contributed by atoms with Gasteiger partial charge in [0.05, 0.1) is 6.20 Å². The van der Waals surface area contributed by atoms with Gasteiger partial charge in [-0.1, -0.05) is 19.8 Å². The first kappa shape index (κ1) is 12.1. The Labute approximate surface area is 101 Å². The zero-order valence-corrected chi connectivity index (χ0v) is 10.1. The predicted octanol–water partition coefficient (Wildman–Crippen LogP) is 2.44. The molecule has 1 aliphatic carbocycles. The van der Waals surface area contributed by atoms with E-state index in [2.05, 4.69) is 22.2 Å². The third-order valence-corrected chi connectivity index (χ3v) is 3.46. The maximum atomic E-state index is 13.3. The molecule has 17 heavy (non-hydrogen) atoms. The summed E-state index contributed by atoms with van der Waals surface area (Å²) in [6, 6.07) is 0. The van der Waals surface area contributed by atoms with Crippen LogP contribution in [0.1, 0.15) is 32.6 Å². The molecular weight excluding hydrogens is 219 g/mol. The molecule has 1 heterocycles. The van der Waals surface area contributed by atoms with Gasteiger partial charge in [-0.3, -0.25) is 0 Å². The summed E-state index contributed by atoms with van der Waals surface area (Å²) in [5.74, 6) is 1.32. The fourth-order valence-electron chi connectivity index (χ4n) is 2.28. The molecule has 0 amide bonds. The first-order chi connectivity index (χ1) is 8.15. The molecule has 0 saturated heterocycles. The molecule has 1 saturated carbocycles. The highest BCUT2D eigenvalue weighted by molar-refractivity contribution is 5.39. The highest BCUT2D eigenvalue weighted by Crippen LogP contribution is 2.28. The second kappa shape index (κ2) is 5.29. The van der Waals surface area contributed by atoms with Crippen LogP contribution in [0, 0.1) is 17.7 Å². The standard InChI is InChI=1S/C12H19FN4/c1-8-2-4-9(5-3-8)6-15-11-10(13)7-16-12(14)17-11/h7-9H,2-6H2,1H3,(H3,14,15,16,17). The third-order valence-electron chi connectivity index (χ3n) is 3.46. The minimum atomic E-state index is -0.441. The number of anilines is 2. The van der Waals surface area contributed by atoms with E-state index < -0.39 is 5.82 Å². The molecule has 0 atom stereocenters. The van der Waals surface area contributed by atoms with Gasteiger partial charge < -0.3 is 11.1 Å². The Bertz CT molecular complexity index is 375. The van der Waals surface area contributed by atoms with Crippen LogP contribution >= 0.6 is 0 Å². The summed E-state index contributed by atoms with van der Waals surface area (Å²) in [5, 5.41) is 3.03. The van der Waals surface area contributed by atoms with Crippen molar-refractivity contribution in [2.75, 3.05) is 17.6 Å². The van der Waals surface area contributed by atoms with Crippen molar-refractivity contribution in [3.05, 3.63) is 12.0 Å². The van der Waals surface area contributed by atoms with Gasteiger partial charge in [0.15, 0.2) is 11.6 Å². The van der Waals surface area contributed by atoms with Crippen molar-refractivity contribution < 1.29 is 4.39 Å². The molecule has 1 aromatic heterocycles. The average molecular weight is 238 g/mol. The maximum Gasteiger partial charge on any atom is 0.222 e. The summed E-state index contributed by atoms with van der Waals surface area (Å²) < 4.78 is 13.3. The monoisotopic (exact) mass is 238 g/mol. The predicted molar refractivity (Wildman–Crippen MR) is 66.0 cm³/mol. The summed E-state index contributed by atoms with van der Waals surface area (Å²) in [6.45, 7) is 3.05. The Hall–Kier alpha value is -1.39. The van der Waals surface area contributed by atoms with E-state index in [4.69, 9.17) is 5.73 Å². The van der Waals surface area contributed by atoms with Crippen LogP contribution in [0.25, 0.3) is 0 Å². The second-order valence-corrected chi connectivity index (χ2v) is 4.93. The normalized spacial score (nSPS) is 24.6. The van der Waals surface area contributed by atoms with Gasteiger partial charge in [-0.05, 0) is 24.7 Å². The number of nitrogens with zero attached hydrogens (tertiary/aromatic N) is 2. The Kier molecular flexibility index (Phi) is 3.76. The zero-order valence-electron chi connectivity index (χ0n) is 10.1. The molecule has 0 spiro atoms. The number of nitrogen functional groups attached to an aromatic ring is 1. The molecule has 4 nitrogen and oxygen atoms in total. The van der Waals surface area contributed by atoms with Gasteiger partial charge in [-0.15, -0.1) is 0 Å². The molecule has 1 fully saturated rings.